The topological polar surface area (TPSA) is 78.9 Å². The first-order valence-corrected chi connectivity index (χ1v) is 33.7. The summed E-state index contributed by atoms with van der Waals surface area (Å²) in [7, 11) is 0. The second-order valence-corrected chi connectivity index (χ2v) is 22.0. The van der Waals surface area contributed by atoms with E-state index in [9.17, 15) is 14.4 Å². The van der Waals surface area contributed by atoms with Crippen LogP contribution >= 0.6 is 0 Å². The van der Waals surface area contributed by atoms with Crippen LogP contribution in [-0.4, -0.2) is 37.2 Å². The maximum Gasteiger partial charge on any atom is 0.306 e. The van der Waals surface area contributed by atoms with E-state index in [1.54, 1.807) is 0 Å². The minimum atomic E-state index is -0.800. The van der Waals surface area contributed by atoms with Gasteiger partial charge in [0, 0.05) is 19.3 Å². The van der Waals surface area contributed by atoms with Crippen LogP contribution in [0.2, 0.25) is 0 Å². The van der Waals surface area contributed by atoms with Gasteiger partial charge >= 0.3 is 17.9 Å². The number of hydrogen-bond donors (Lipinski definition) is 0. The lowest BCUT2D eigenvalue weighted by Crippen LogP contribution is -2.30. The molecule has 0 aliphatic carbocycles. The molecule has 460 valence electrons. The van der Waals surface area contributed by atoms with Gasteiger partial charge in [-0.25, -0.2) is 0 Å². The van der Waals surface area contributed by atoms with Crippen molar-refractivity contribution in [2.75, 3.05) is 13.2 Å². The summed E-state index contributed by atoms with van der Waals surface area (Å²) in [4.78, 5) is 38.3. The maximum atomic E-state index is 12.9. The summed E-state index contributed by atoms with van der Waals surface area (Å²) in [6, 6.07) is 0. The molecule has 0 bridgehead atoms. The summed E-state index contributed by atoms with van der Waals surface area (Å²) in [5.74, 6) is -0.927. The standard InChI is InChI=1S/C75H124O6/c1-4-7-10-13-16-19-22-25-27-29-30-31-32-33-34-35-36-37-38-39-40-41-42-43-44-46-47-50-53-56-59-62-65-68-74(77)80-71-72(70-79-73(76)67-64-61-58-55-52-49-24-21-18-15-12-9-6-3)81-75(78)69-66-63-60-57-54-51-48-45-28-26-23-20-17-14-11-8-5-2/h7-8,10-12,15-17,19-21,24-28,30-31,33-34,48,51,72H,4-6,9,13-14,18,22-23,29,32,35-47,49-50,52-71H2,1-3H3/b10-7-,11-8-,15-12-,19-16-,20-17-,24-21-,27-25-,28-26-,31-30-,34-33-,51-48-. The molecule has 0 spiro atoms. The van der Waals surface area contributed by atoms with E-state index in [-0.39, 0.29) is 31.1 Å². The van der Waals surface area contributed by atoms with Crippen LogP contribution in [0.1, 0.15) is 303 Å². The first-order valence-electron chi connectivity index (χ1n) is 33.7. The molecule has 0 saturated carbocycles. The summed E-state index contributed by atoms with van der Waals surface area (Å²) in [5, 5.41) is 0. The fraction of sp³-hybridized carbons (Fsp3) is 0.667. The summed E-state index contributed by atoms with van der Waals surface area (Å²) in [5.41, 5.74) is 0. The van der Waals surface area contributed by atoms with E-state index in [1.165, 1.54) is 103 Å². The monoisotopic (exact) mass is 1120 g/mol. The Kier molecular flexibility index (Phi) is 64.3. The Bertz CT molecular complexity index is 1720. The lowest BCUT2D eigenvalue weighted by molar-refractivity contribution is -0.167. The Morgan fingerprint density at radius 3 is 0.753 bits per heavy atom. The van der Waals surface area contributed by atoms with Gasteiger partial charge in [0.1, 0.15) is 13.2 Å². The van der Waals surface area contributed by atoms with Gasteiger partial charge in [-0.3, -0.25) is 14.4 Å². The van der Waals surface area contributed by atoms with E-state index in [0.717, 1.165) is 161 Å². The quantitative estimate of drug-likeness (QED) is 0.0261. The van der Waals surface area contributed by atoms with E-state index >= 15 is 0 Å². The van der Waals surface area contributed by atoms with Crippen LogP contribution in [0.5, 0.6) is 0 Å². The number of carbonyl (C=O) groups excluding carboxylic acids is 3. The molecule has 0 heterocycles. The Balaban J connectivity index is 4.22. The molecule has 0 aliphatic rings. The molecule has 0 radical (unpaired) electrons. The van der Waals surface area contributed by atoms with Crippen molar-refractivity contribution in [1.82, 2.24) is 0 Å². The number of rotatable bonds is 60. The minimum absolute atomic E-state index is 0.0936. The second kappa shape index (κ2) is 68.1. The van der Waals surface area contributed by atoms with Crippen LogP contribution in [0.3, 0.4) is 0 Å². The minimum Gasteiger partial charge on any atom is -0.462 e. The highest BCUT2D eigenvalue weighted by Crippen LogP contribution is 2.16. The summed E-state index contributed by atoms with van der Waals surface area (Å²) in [6.07, 6.45) is 96.2. The third-order valence-electron chi connectivity index (χ3n) is 14.1. The Hall–Kier alpha value is -4.45. The molecular formula is C75H124O6. The number of carbonyl (C=O) groups is 3. The van der Waals surface area contributed by atoms with Crippen molar-refractivity contribution < 1.29 is 28.6 Å². The van der Waals surface area contributed by atoms with Crippen molar-refractivity contribution in [3.8, 4) is 0 Å². The highest BCUT2D eigenvalue weighted by Gasteiger charge is 2.19. The van der Waals surface area contributed by atoms with Crippen molar-refractivity contribution >= 4 is 17.9 Å². The van der Waals surface area contributed by atoms with Crippen LogP contribution in [0.15, 0.2) is 134 Å². The zero-order chi connectivity index (χ0) is 58.5. The molecule has 1 unspecified atom stereocenters. The molecule has 0 aliphatic heterocycles. The molecule has 0 amide bonds. The molecule has 0 aromatic heterocycles. The molecule has 0 saturated heterocycles. The van der Waals surface area contributed by atoms with Gasteiger partial charge < -0.3 is 14.2 Å². The fourth-order valence-electron chi connectivity index (χ4n) is 9.15. The van der Waals surface area contributed by atoms with Crippen molar-refractivity contribution in [3.63, 3.8) is 0 Å². The van der Waals surface area contributed by atoms with Crippen molar-refractivity contribution in [2.45, 2.75) is 309 Å². The summed E-state index contributed by atoms with van der Waals surface area (Å²) < 4.78 is 16.9. The van der Waals surface area contributed by atoms with E-state index in [2.05, 4.69) is 154 Å². The van der Waals surface area contributed by atoms with Gasteiger partial charge in [-0.2, -0.15) is 0 Å². The lowest BCUT2D eigenvalue weighted by Gasteiger charge is -2.18. The van der Waals surface area contributed by atoms with Crippen LogP contribution < -0.4 is 0 Å². The first kappa shape index (κ1) is 76.5. The van der Waals surface area contributed by atoms with Gasteiger partial charge in [0.15, 0.2) is 6.10 Å². The van der Waals surface area contributed by atoms with E-state index < -0.39 is 6.10 Å². The molecule has 6 nitrogen and oxygen atoms in total. The predicted molar refractivity (Wildman–Crippen MR) is 353 cm³/mol. The molecule has 1 atom stereocenters. The van der Waals surface area contributed by atoms with Gasteiger partial charge in [0.25, 0.3) is 0 Å². The fourth-order valence-corrected chi connectivity index (χ4v) is 9.15. The SMILES string of the molecule is CC/C=C\C/C=C\C/C=C\C/C=C\C/C=C\CCCCCCCCCCCCCCCCCCCC(=O)OCC(COC(=O)CCCCCCC/C=C\C/C=C\CCC)OC(=O)CCCCCC/C=C\C/C=C\C/C=C\C/C=C\CC. The highest BCUT2D eigenvalue weighted by atomic mass is 16.6. The summed E-state index contributed by atoms with van der Waals surface area (Å²) >= 11 is 0. The van der Waals surface area contributed by atoms with Crippen LogP contribution in [0.25, 0.3) is 0 Å². The highest BCUT2D eigenvalue weighted by molar-refractivity contribution is 5.71. The van der Waals surface area contributed by atoms with E-state index in [4.69, 9.17) is 14.2 Å². The van der Waals surface area contributed by atoms with Crippen molar-refractivity contribution in [2.24, 2.45) is 0 Å². The molecule has 81 heavy (non-hydrogen) atoms. The van der Waals surface area contributed by atoms with Gasteiger partial charge in [0.05, 0.1) is 0 Å². The molecule has 0 rings (SSSR count). The van der Waals surface area contributed by atoms with E-state index in [0.29, 0.717) is 19.3 Å². The first-order chi connectivity index (χ1) is 40.0. The molecule has 0 aromatic carbocycles. The molecule has 0 N–H and O–H groups in total. The number of ether oxygens (including phenoxy) is 3. The smallest absolute Gasteiger partial charge is 0.306 e. The second-order valence-electron chi connectivity index (χ2n) is 22.0. The third kappa shape index (κ3) is 66.2. The lowest BCUT2D eigenvalue weighted by atomic mass is 10.0. The Morgan fingerprint density at radius 2 is 0.481 bits per heavy atom. The zero-order valence-corrected chi connectivity index (χ0v) is 52.8. The van der Waals surface area contributed by atoms with Crippen molar-refractivity contribution in [1.29, 1.82) is 0 Å². The number of allylic oxidation sites excluding steroid dienone is 22. The average molecular weight is 1120 g/mol. The van der Waals surface area contributed by atoms with Gasteiger partial charge in [-0.1, -0.05) is 289 Å². The summed E-state index contributed by atoms with van der Waals surface area (Å²) in [6.45, 7) is 6.33. The van der Waals surface area contributed by atoms with Gasteiger partial charge in [-0.05, 0) is 128 Å². The van der Waals surface area contributed by atoms with Crippen LogP contribution in [0, 0.1) is 0 Å². The maximum absolute atomic E-state index is 12.9. The Labute approximate surface area is 500 Å². The predicted octanol–water partition coefficient (Wildman–Crippen LogP) is 23.3. The van der Waals surface area contributed by atoms with Gasteiger partial charge in [-0.15, -0.1) is 0 Å². The molecule has 6 heteroatoms. The average Bonchev–Trinajstić information content (AvgIpc) is 3.46. The van der Waals surface area contributed by atoms with Crippen LogP contribution in [0.4, 0.5) is 0 Å². The third-order valence-corrected chi connectivity index (χ3v) is 14.1. The van der Waals surface area contributed by atoms with E-state index in [1.807, 2.05) is 0 Å². The number of hydrogen-bond acceptors (Lipinski definition) is 6. The molecule has 0 aromatic rings. The van der Waals surface area contributed by atoms with Gasteiger partial charge in [0.2, 0.25) is 0 Å². The Morgan fingerprint density at radius 1 is 0.259 bits per heavy atom. The largest absolute Gasteiger partial charge is 0.462 e. The zero-order valence-electron chi connectivity index (χ0n) is 52.8. The number of esters is 3. The number of unbranched alkanes of at least 4 members (excludes halogenated alkanes) is 27. The van der Waals surface area contributed by atoms with Crippen molar-refractivity contribution in [3.05, 3.63) is 134 Å². The molecule has 0 fully saturated rings. The normalized spacial score (nSPS) is 13.0. The molecular weight excluding hydrogens is 997 g/mol. The van der Waals surface area contributed by atoms with Crippen LogP contribution in [-0.2, 0) is 28.6 Å².